The second-order valence-electron chi connectivity index (χ2n) is 4.22. The zero-order valence-electron chi connectivity index (χ0n) is 10.5. The van der Waals surface area contributed by atoms with Gasteiger partial charge in [0.15, 0.2) is 0 Å². The van der Waals surface area contributed by atoms with E-state index in [1.807, 2.05) is 12.1 Å². The summed E-state index contributed by atoms with van der Waals surface area (Å²) in [7, 11) is 0. The highest BCUT2D eigenvalue weighted by Crippen LogP contribution is 2.37. The van der Waals surface area contributed by atoms with Gasteiger partial charge in [-0.05, 0) is 18.2 Å². The molecule has 20 heavy (non-hydrogen) atoms. The number of aromatic nitrogens is 1. The summed E-state index contributed by atoms with van der Waals surface area (Å²) in [5, 5.41) is 0.114. The Kier molecular flexibility index (Phi) is 3.98. The van der Waals surface area contributed by atoms with Crippen molar-refractivity contribution in [3.05, 3.63) is 36.3 Å². The summed E-state index contributed by atoms with van der Waals surface area (Å²) < 4.78 is 5.22. The lowest BCUT2D eigenvalue weighted by molar-refractivity contribution is -0.148. The van der Waals surface area contributed by atoms with Crippen molar-refractivity contribution in [3.8, 4) is 0 Å². The molecule has 5 nitrogen and oxygen atoms in total. The molecule has 0 N–H and O–H groups in total. The van der Waals surface area contributed by atoms with Crippen LogP contribution in [0, 0.1) is 0 Å². The van der Waals surface area contributed by atoms with Crippen molar-refractivity contribution in [3.63, 3.8) is 0 Å². The first-order chi connectivity index (χ1) is 9.75. The summed E-state index contributed by atoms with van der Waals surface area (Å²) in [6, 6.07) is 3.70. The molecule has 1 amide bonds. The Bertz CT molecular complexity index is 562. The Morgan fingerprint density at radius 2 is 2.30 bits per heavy atom. The Hall–Kier alpha value is -1.47. The Morgan fingerprint density at radius 1 is 1.50 bits per heavy atom. The van der Waals surface area contributed by atoms with E-state index in [0.717, 1.165) is 10.6 Å². The van der Waals surface area contributed by atoms with E-state index < -0.39 is 5.97 Å². The third-order valence-electron chi connectivity index (χ3n) is 3.01. The van der Waals surface area contributed by atoms with Crippen LogP contribution in [-0.2, 0) is 14.3 Å². The van der Waals surface area contributed by atoms with Gasteiger partial charge >= 0.3 is 5.97 Å². The van der Waals surface area contributed by atoms with Gasteiger partial charge in [-0.25, -0.2) is 4.79 Å². The summed E-state index contributed by atoms with van der Waals surface area (Å²) in [4.78, 5) is 30.0. The Balaban J connectivity index is 1.54. The third kappa shape index (κ3) is 2.69. The lowest BCUT2D eigenvalue weighted by Gasteiger charge is -2.42. The van der Waals surface area contributed by atoms with E-state index in [1.54, 1.807) is 30.2 Å². The number of pyridine rings is 1. The van der Waals surface area contributed by atoms with Crippen molar-refractivity contribution < 1.29 is 14.3 Å². The van der Waals surface area contributed by atoms with Crippen molar-refractivity contribution in [1.29, 1.82) is 0 Å². The number of ether oxygens (including phenoxy) is 1. The first kappa shape index (κ1) is 13.5. The molecule has 7 heteroatoms. The van der Waals surface area contributed by atoms with Crippen LogP contribution in [0.3, 0.4) is 0 Å². The number of β-lactam (4-membered cyclic amide) rings is 1. The van der Waals surface area contributed by atoms with Gasteiger partial charge in [-0.2, -0.15) is 0 Å². The first-order valence-electron chi connectivity index (χ1n) is 6.09. The van der Waals surface area contributed by atoms with Gasteiger partial charge in [0.2, 0.25) is 5.91 Å². The smallest absolute Gasteiger partial charge is 0.355 e. The highest BCUT2D eigenvalue weighted by molar-refractivity contribution is 8.00. The molecule has 2 aliphatic rings. The molecule has 0 unspecified atom stereocenters. The predicted octanol–water partition coefficient (Wildman–Crippen LogP) is 1.86. The second kappa shape index (κ2) is 5.88. The fraction of sp³-hybridized carbons (Fsp3) is 0.308. The van der Waals surface area contributed by atoms with Gasteiger partial charge < -0.3 is 4.74 Å². The maximum atomic E-state index is 12.0. The minimum atomic E-state index is -0.426. The molecule has 1 fully saturated rings. The second-order valence-corrected chi connectivity index (χ2v) is 6.43. The average Bonchev–Trinajstić information content (AvgIpc) is 2.46. The number of hydrogen-bond acceptors (Lipinski definition) is 6. The minimum Gasteiger partial charge on any atom is -0.450 e. The molecular formula is C13H12N2O3S2. The quantitative estimate of drug-likeness (QED) is 0.366. The molecule has 1 atom stereocenters. The van der Waals surface area contributed by atoms with Crippen LogP contribution in [0.1, 0.15) is 6.42 Å². The molecule has 0 aromatic carbocycles. The van der Waals surface area contributed by atoms with Crippen LogP contribution in [0.2, 0.25) is 0 Å². The van der Waals surface area contributed by atoms with Crippen LogP contribution in [0.5, 0.6) is 0 Å². The van der Waals surface area contributed by atoms with Crippen LogP contribution in [0.25, 0.3) is 0 Å². The third-order valence-corrected chi connectivity index (χ3v) is 4.97. The number of hydrogen-bond donors (Lipinski definition) is 0. The largest absolute Gasteiger partial charge is 0.450 e. The molecular weight excluding hydrogens is 296 g/mol. The fourth-order valence-electron chi connectivity index (χ4n) is 1.99. The molecule has 3 heterocycles. The Labute approximate surface area is 124 Å². The molecule has 104 valence electrons. The van der Waals surface area contributed by atoms with Gasteiger partial charge in [0.1, 0.15) is 11.6 Å². The summed E-state index contributed by atoms with van der Waals surface area (Å²) >= 11 is 3.08. The highest BCUT2D eigenvalue weighted by atomic mass is 32.2. The van der Waals surface area contributed by atoms with Crippen LogP contribution in [0.4, 0.5) is 0 Å². The topological polar surface area (TPSA) is 59.5 Å². The zero-order chi connectivity index (χ0) is 13.9. The minimum absolute atomic E-state index is 0.00723. The van der Waals surface area contributed by atoms with Crippen molar-refractivity contribution in [1.82, 2.24) is 9.88 Å². The van der Waals surface area contributed by atoms with E-state index in [2.05, 4.69) is 4.98 Å². The summed E-state index contributed by atoms with van der Waals surface area (Å²) in [6.45, 7) is 0. The van der Waals surface area contributed by atoms with Gasteiger partial charge in [-0.3, -0.25) is 14.7 Å². The number of nitrogens with zero attached hydrogens (tertiary/aromatic N) is 2. The Morgan fingerprint density at radius 3 is 3.05 bits per heavy atom. The molecule has 0 radical (unpaired) electrons. The van der Waals surface area contributed by atoms with Crippen molar-refractivity contribution in [2.45, 2.75) is 16.7 Å². The molecule has 1 aromatic rings. The number of rotatable bonds is 4. The summed E-state index contributed by atoms with van der Waals surface area (Å²) in [6.07, 6.45) is 5.65. The molecule has 1 aromatic heterocycles. The van der Waals surface area contributed by atoms with E-state index in [-0.39, 0.29) is 17.2 Å². The fourth-order valence-corrected chi connectivity index (χ4v) is 3.72. The van der Waals surface area contributed by atoms with Gasteiger partial charge in [0.25, 0.3) is 0 Å². The lowest BCUT2D eigenvalue weighted by Crippen LogP contribution is -2.53. The predicted molar refractivity (Wildman–Crippen MR) is 76.8 cm³/mol. The van der Waals surface area contributed by atoms with E-state index in [0.29, 0.717) is 12.1 Å². The highest BCUT2D eigenvalue weighted by Gasteiger charge is 2.43. The average molecular weight is 308 g/mol. The molecule has 0 aliphatic carbocycles. The molecule has 2 aliphatic heterocycles. The van der Waals surface area contributed by atoms with Crippen LogP contribution < -0.4 is 0 Å². The van der Waals surface area contributed by atoms with Gasteiger partial charge in [-0.15, -0.1) is 11.8 Å². The van der Waals surface area contributed by atoms with E-state index >= 15 is 0 Å². The number of carbonyl (C=O) groups is 2. The van der Waals surface area contributed by atoms with Crippen molar-refractivity contribution in [2.24, 2.45) is 0 Å². The number of carbonyl (C=O) groups excluding carboxylic acids is 2. The van der Waals surface area contributed by atoms with Gasteiger partial charge in [-0.1, -0.05) is 11.8 Å². The zero-order valence-corrected chi connectivity index (χ0v) is 12.2. The maximum absolute atomic E-state index is 12.0. The van der Waals surface area contributed by atoms with Crippen LogP contribution in [0.15, 0.2) is 41.2 Å². The van der Waals surface area contributed by atoms with Crippen LogP contribution in [-0.4, -0.2) is 38.8 Å². The summed E-state index contributed by atoms with van der Waals surface area (Å²) in [5.41, 5.74) is 0.389. The molecule has 0 saturated carbocycles. The van der Waals surface area contributed by atoms with Gasteiger partial charge in [0.05, 0.1) is 11.8 Å². The van der Waals surface area contributed by atoms with Gasteiger partial charge in [0, 0.05) is 23.0 Å². The van der Waals surface area contributed by atoms with Crippen molar-refractivity contribution in [2.75, 3.05) is 11.7 Å². The molecule has 3 rings (SSSR count). The van der Waals surface area contributed by atoms with Crippen molar-refractivity contribution >= 4 is 35.4 Å². The lowest BCUT2D eigenvalue weighted by atomic mass is 10.1. The number of fused-ring (bicyclic) bond motifs is 1. The SMILES string of the molecule is O=C(OCSc1ccncc1)C1=CCS[C@H]2CC(=O)N12. The normalized spacial score (nSPS) is 20.8. The van der Waals surface area contributed by atoms with Crippen LogP contribution >= 0.6 is 23.5 Å². The molecule has 0 spiro atoms. The number of thioether (sulfide) groups is 2. The number of esters is 1. The summed E-state index contributed by atoms with van der Waals surface area (Å²) in [5.74, 6) is 0.535. The standard InChI is InChI=1S/C13H12N2O3S2/c16-11-7-12-15(11)10(3-6-19-12)13(17)18-8-20-9-1-4-14-5-2-9/h1-5,12H,6-8H2/t12-/m0/s1. The molecule has 0 bridgehead atoms. The number of amides is 1. The van der Waals surface area contributed by atoms with E-state index in [1.165, 1.54) is 16.7 Å². The monoisotopic (exact) mass is 308 g/mol. The molecule has 1 saturated heterocycles. The maximum Gasteiger partial charge on any atom is 0.355 e. The first-order valence-corrected chi connectivity index (χ1v) is 8.13. The van der Waals surface area contributed by atoms with E-state index in [4.69, 9.17) is 4.74 Å². The van der Waals surface area contributed by atoms with E-state index in [9.17, 15) is 9.59 Å².